The standard InChI is InChI=1S/C20H25NO6/c1-19(2,3)10-26-17-15(22)12-8-7-9-13(21(24)25)14(12)16(23)18(17)27-11-20(4,5)6/h7-9H,10-11H2,1-6H3. The normalized spacial score (nSPS) is 14.9. The molecule has 0 saturated carbocycles. The molecule has 0 amide bonds. The van der Waals surface area contributed by atoms with Gasteiger partial charge in [-0.15, -0.1) is 0 Å². The van der Waals surface area contributed by atoms with Crippen LogP contribution in [-0.4, -0.2) is 29.7 Å². The first-order valence-corrected chi connectivity index (χ1v) is 8.68. The second kappa shape index (κ2) is 7.13. The van der Waals surface area contributed by atoms with Crippen molar-refractivity contribution in [2.45, 2.75) is 41.5 Å². The first-order valence-electron chi connectivity index (χ1n) is 8.68. The van der Waals surface area contributed by atoms with Gasteiger partial charge in [-0.3, -0.25) is 19.7 Å². The number of nitro groups is 1. The molecule has 1 aliphatic rings. The van der Waals surface area contributed by atoms with Crippen molar-refractivity contribution in [2.24, 2.45) is 10.8 Å². The Balaban J connectivity index is 2.57. The summed E-state index contributed by atoms with van der Waals surface area (Å²) in [5.41, 5.74) is -1.25. The summed E-state index contributed by atoms with van der Waals surface area (Å²) in [5.74, 6) is -1.74. The van der Waals surface area contributed by atoms with Crippen molar-refractivity contribution in [2.75, 3.05) is 13.2 Å². The first-order chi connectivity index (χ1) is 12.3. The Hall–Kier alpha value is -2.70. The molecule has 27 heavy (non-hydrogen) atoms. The van der Waals surface area contributed by atoms with Crippen molar-refractivity contribution in [1.82, 2.24) is 0 Å². The summed E-state index contributed by atoms with van der Waals surface area (Å²) >= 11 is 0. The van der Waals surface area contributed by atoms with Crippen molar-refractivity contribution in [1.29, 1.82) is 0 Å². The lowest BCUT2D eigenvalue weighted by Gasteiger charge is -2.26. The van der Waals surface area contributed by atoms with Crippen LogP contribution in [0.1, 0.15) is 62.3 Å². The molecule has 0 atom stereocenters. The van der Waals surface area contributed by atoms with Crippen LogP contribution in [0.25, 0.3) is 0 Å². The van der Waals surface area contributed by atoms with Gasteiger partial charge in [0.1, 0.15) is 5.56 Å². The number of ether oxygens (including phenoxy) is 2. The van der Waals surface area contributed by atoms with E-state index in [-0.39, 0.29) is 46.7 Å². The molecule has 7 heteroatoms. The lowest BCUT2D eigenvalue weighted by molar-refractivity contribution is -0.385. The largest absolute Gasteiger partial charge is 0.486 e. The van der Waals surface area contributed by atoms with Gasteiger partial charge < -0.3 is 9.47 Å². The van der Waals surface area contributed by atoms with Gasteiger partial charge in [0.25, 0.3) is 5.69 Å². The summed E-state index contributed by atoms with van der Waals surface area (Å²) in [6.07, 6.45) is 0. The van der Waals surface area contributed by atoms with E-state index in [1.807, 2.05) is 41.5 Å². The summed E-state index contributed by atoms with van der Waals surface area (Å²) < 4.78 is 11.3. The van der Waals surface area contributed by atoms with Crippen molar-refractivity contribution < 1.29 is 24.0 Å². The molecule has 0 aromatic heterocycles. The van der Waals surface area contributed by atoms with E-state index in [1.54, 1.807) is 0 Å². The van der Waals surface area contributed by atoms with Crippen molar-refractivity contribution in [3.05, 3.63) is 51.0 Å². The van der Waals surface area contributed by atoms with E-state index < -0.39 is 22.2 Å². The molecule has 146 valence electrons. The molecule has 0 fully saturated rings. The molecular formula is C20H25NO6. The molecule has 1 aromatic rings. The van der Waals surface area contributed by atoms with Gasteiger partial charge in [0.2, 0.25) is 23.1 Å². The number of carbonyl (C=O) groups is 2. The van der Waals surface area contributed by atoms with E-state index in [0.717, 1.165) is 0 Å². The third-order valence-electron chi connectivity index (χ3n) is 3.63. The van der Waals surface area contributed by atoms with Gasteiger partial charge in [0.05, 0.1) is 18.1 Å². The van der Waals surface area contributed by atoms with Crippen LogP contribution in [0.3, 0.4) is 0 Å². The van der Waals surface area contributed by atoms with Crippen LogP contribution in [0.2, 0.25) is 0 Å². The van der Waals surface area contributed by atoms with E-state index in [1.165, 1.54) is 18.2 Å². The smallest absolute Gasteiger partial charge is 0.281 e. The molecule has 7 nitrogen and oxygen atoms in total. The van der Waals surface area contributed by atoms with Gasteiger partial charge >= 0.3 is 0 Å². The molecule has 2 rings (SSSR count). The first kappa shape index (κ1) is 20.6. The topological polar surface area (TPSA) is 95.7 Å². The maximum Gasteiger partial charge on any atom is 0.281 e. The number of Topliss-reactive ketones (excluding diaryl/α,β-unsaturated/α-hetero) is 2. The SMILES string of the molecule is CC(C)(C)COC1=C(OCC(C)(C)C)C(=O)c2c(cccc2[N+](=O)[O-])C1=O. The van der Waals surface area contributed by atoms with E-state index in [0.29, 0.717) is 0 Å². The lowest BCUT2D eigenvalue weighted by Crippen LogP contribution is -2.29. The molecule has 0 saturated heterocycles. The quantitative estimate of drug-likeness (QED) is 0.562. The molecular weight excluding hydrogens is 350 g/mol. The number of ketones is 2. The number of benzene rings is 1. The van der Waals surface area contributed by atoms with Crippen LogP contribution < -0.4 is 0 Å². The molecule has 1 aromatic carbocycles. The number of rotatable bonds is 5. The number of hydrogen-bond donors (Lipinski definition) is 0. The van der Waals surface area contributed by atoms with Crippen LogP contribution in [-0.2, 0) is 9.47 Å². The Morgan fingerprint density at radius 2 is 1.37 bits per heavy atom. The zero-order valence-electron chi connectivity index (χ0n) is 16.5. The lowest BCUT2D eigenvalue weighted by atomic mass is 9.90. The fourth-order valence-corrected chi connectivity index (χ4v) is 2.40. The second-order valence-electron chi connectivity index (χ2n) is 8.97. The summed E-state index contributed by atoms with van der Waals surface area (Å²) in [7, 11) is 0. The highest BCUT2D eigenvalue weighted by Crippen LogP contribution is 2.34. The van der Waals surface area contributed by atoms with Crippen LogP contribution >= 0.6 is 0 Å². The van der Waals surface area contributed by atoms with Crippen molar-refractivity contribution in [3.63, 3.8) is 0 Å². The number of hydrogen-bond acceptors (Lipinski definition) is 6. The molecule has 0 aliphatic heterocycles. The zero-order valence-corrected chi connectivity index (χ0v) is 16.5. The van der Waals surface area contributed by atoms with Gasteiger partial charge in [-0.2, -0.15) is 0 Å². The number of allylic oxidation sites excluding steroid dienone is 2. The minimum absolute atomic E-state index is 0.0405. The summed E-state index contributed by atoms with van der Waals surface area (Å²) in [6, 6.07) is 3.97. The molecule has 0 bridgehead atoms. The predicted octanol–water partition coefficient (Wildman–Crippen LogP) is 4.31. The minimum Gasteiger partial charge on any atom is -0.486 e. The second-order valence-corrected chi connectivity index (χ2v) is 8.97. The summed E-state index contributed by atoms with van der Waals surface area (Å²) in [4.78, 5) is 36.6. The molecule has 0 N–H and O–H groups in total. The average Bonchev–Trinajstić information content (AvgIpc) is 2.53. The molecule has 0 spiro atoms. The minimum atomic E-state index is -0.704. The van der Waals surface area contributed by atoms with Gasteiger partial charge in [0.15, 0.2) is 0 Å². The fourth-order valence-electron chi connectivity index (χ4n) is 2.40. The van der Waals surface area contributed by atoms with Crippen LogP contribution in [0.4, 0.5) is 5.69 Å². The Bertz CT molecular complexity index is 824. The predicted molar refractivity (Wildman–Crippen MR) is 99.6 cm³/mol. The Morgan fingerprint density at radius 1 is 0.889 bits per heavy atom. The van der Waals surface area contributed by atoms with E-state index >= 15 is 0 Å². The maximum atomic E-state index is 13.0. The highest BCUT2D eigenvalue weighted by Gasteiger charge is 2.40. The summed E-state index contributed by atoms with van der Waals surface area (Å²) in [6.45, 7) is 11.9. The summed E-state index contributed by atoms with van der Waals surface area (Å²) in [5, 5.41) is 11.3. The number of nitrogens with zero attached hydrogens (tertiary/aromatic N) is 1. The monoisotopic (exact) mass is 375 g/mol. The van der Waals surface area contributed by atoms with Crippen molar-refractivity contribution in [3.8, 4) is 0 Å². The van der Waals surface area contributed by atoms with Crippen LogP contribution in [0, 0.1) is 20.9 Å². The van der Waals surface area contributed by atoms with E-state index in [9.17, 15) is 19.7 Å². The van der Waals surface area contributed by atoms with Gasteiger partial charge in [-0.1, -0.05) is 47.6 Å². The molecule has 0 unspecified atom stereocenters. The van der Waals surface area contributed by atoms with Crippen LogP contribution in [0.5, 0.6) is 0 Å². The van der Waals surface area contributed by atoms with Gasteiger partial charge in [-0.25, -0.2) is 0 Å². The van der Waals surface area contributed by atoms with Gasteiger partial charge in [0, 0.05) is 11.6 Å². The zero-order chi connectivity index (χ0) is 20.6. The maximum absolute atomic E-state index is 13.0. The fraction of sp³-hybridized carbons (Fsp3) is 0.500. The van der Waals surface area contributed by atoms with Crippen molar-refractivity contribution >= 4 is 17.3 Å². The number of nitro benzene ring substituents is 1. The number of fused-ring (bicyclic) bond motifs is 1. The van der Waals surface area contributed by atoms with E-state index in [2.05, 4.69) is 0 Å². The molecule has 1 aliphatic carbocycles. The van der Waals surface area contributed by atoms with E-state index in [4.69, 9.17) is 9.47 Å². The Morgan fingerprint density at radius 3 is 1.81 bits per heavy atom. The average molecular weight is 375 g/mol. The highest BCUT2D eigenvalue weighted by molar-refractivity contribution is 6.26. The molecule has 0 radical (unpaired) electrons. The van der Waals surface area contributed by atoms with Gasteiger partial charge in [-0.05, 0) is 16.9 Å². The Labute approximate surface area is 158 Å². The van der Waals surface area contributed by atoms with Crippen LogP contribution in [0.15, 0.2) is 29.7 Å². The third kappa shape index (κ3) is 4.72. The number of carbonyl (C=O) groups excluding carboxylic acids is 2. The molecule has 0 heterocycles. The highest BCUT2D eigenvalue weighted by atomic mass is 16.6. The third-order valence-corrected chi connectivity index (χ3v) is 3.63. The Kier molecular flexibility index (Phi) is 5.45.